The number of carbonyl (C=O) groups excluding carboxylic acids is 1. The first-order valence-electron chi connectivity index (χ1n) is 4.34. The molecule has 1 rings (SSSR count). The van der Waals surface area contributed by atoms with Gasteiger partial charge in [0.1, 0.15) is 5.82 Å². The molecule has 90 valence electrons. The quantitative estimate of drug-likeness (QED) is 0.674. The van der Waals surface area contributed by atoms with Gasteiger partial charge in [0.25, 0.3) is 0 Å². The van der Waals surface area contributed by atoms with Gasteiger partial charge in [-0.05, 0) is 26.2 Å². The summed E-state index contributed by atoms with van der Waals surface area (Å²) in [5.74, 6) is -0.856. The van der Waals surface area contributed by atoms with Crippen LogP contribution in [0.1, 0.15) is 10.4 Å². The summed E-state index contributed by atoms with van der Waals surface area (Å²) in [5.41, 5.74) is 5.43. The molecule has 0 unspecified atom stereocenters. The van der Waals surface area contributed by atoms with Crippen molar-refractivity contribution in [2.24, 2.45) is 0 Å². The van der Waals surface area contributed by atoms with E-state index in [1.165, 1.54) is 6.07 Å². The number of anilines is 1. The molecule has 6 heteroatoms. The average molecular weight is 267 g/mol. The van der Waals surface area contributed by atoms with E-state index in [0.29, 0.717) is 0 Å². The highest BCUT2D eigenvalue weighted by molar-refractivity contribution is 6.33. The van der Waals surface area contributed by atoms with Gasteiger partial charge in [-0.3, -0.25) is 4.79 Å². The van der Waals surface area contributed by atoms with Crippen molar-refractivity contribution in [2.45, 2.75) is 0 Å². The van der Waals surface area contributed by atoms with Crippen LogP contribution in [0.25, 0.3) is 0 Å². The average Bonchev–Trinajstić information content (AvgIpc) is 2.12. The van der Waals surface area contributed by atoms with Gasteiger partial charge in [-0.1, -0.05) is 11.6 Å². The summed E-state index contributed by atoms with van der Waals surface area (Å²) in [6, 6.07) is 2.48. The Labute approximate surface area is 105 Å². The van der Waals surface area contributed by atoms with Crippen molar-refractivity contribution < 1.29 is 9.18 Å². The molecule has 1 aromatic carbocycles. The molecule has 0 saturated heterocycles. The van der Waals surface area contributed by atoms with Crippen LogP contribution < -0.4 is 5.73 Å². The zero-order valence-corrected chi connectivity index (χ0v) is 10.5. The standard InChI is InChI=1S/C10H12ClFN2O.ClH/c1-14(2)5-9(15)6-3-7(11)10(13)8(12)4-6;/h3-4H,5,13H2,1-2H3;1H. The molecule has 0 fully saturated rings. The van der Waals surface area contributed by atoms with E-state index in [2.05, 4.69) is 0 Å². The Kier molecular flexibility index (Phi) is 5.72. The van der Waals surface area contributed by atoms with Crippen LogP contribution in [0.3, 0.4) is 0 Å². The van der Waals surface area contributed by atoms with E-state index in [-0.39, 0.29) is 41.0 Å². The van der Waals surface area contributed by atoms with E-state index >= 15 is 0 Å². The number of nitrogens with zero attached hydrogens (tertiary/aromatic N) is 1. The Morgan fingerprint density at radius 1 is 1.50 bits per heavy atom. The molecule has 0 spiro atoms. The predicted molar refractivity (Wildman–Crippen MR) is 66.0 cm³/mol. The topological polar surface area (TPSA) is 46.3 Å². The Hall–Kier alpha value is -0.840. The number of halogens is 3. The lowest BCUT2D eigenvalue weighted by molar-refractivity contribution is 0.0957. The van der Waals surface area contributed by atoms with Crippen molar-refractivity contribution in [1.29, 1.82) is 0 Å². The monoisotopic (exact) mass is 266 g/mol. The van der Waals surface area contributed by atoms with Crippen LogP contribution >= 0.6 is 24.0 Å². The summed E-state index contributed by atoms with van der Waals surface area (Å²) >= 11 is 5.67. The smallest absolute Gasteiger partial charge is 0.176 e. The van der Waals surface area contributed by atoms with Gasteiger partial charge in [0, 0.05) is 5.56 Å². The maximum absolute atomic E-state index is 13.2. The van der Waals surface area contributed by atoms with Gasteiger partial charge in [0.2, 0.25) is 0 Å². The van der Waals surface area contributed by atoms with Gasteiger partial charge in [-0.2, -0.15) is 0 Å². The number of hydrogen-bond acceptors (Lipinski definition) is 3. The number of nitrogen functional groups attached to an aromatic ring is 1. The van der Waals surface area contributed by atoms with E-state index in [9.17, 15) is 9.18 Å². The predicted octanol–water partition coefficient (Wildman–Crippen LogP) is 2.23. The summed E-state index contributed by atoms with van der Waals surface area (Å²) < 4.78 is 13.2. The first kappa shape index (κ1) is 15.2. The second-order valence-corrected chi connectivity index (χ2v) is 3.92. The molecule has 0 aliphatic heterocycles. The highest BCUT2D eigenvalue weighted by atomic mass is 35.5. The van der Waals surface area contributed by atoms with Gasteiger partial charge in [0.15, 0.2) is 5.78 Å². The maximum atomic E-state index is 13.2. The van der Waals surface area contributed by atoms with Crippen LogP contribution in [-0.4, -0.2) is 31.3 Å². The second-order valence-electron chi connectivity index (χ2n) is 3.51. The van der Waals surface area contributed by atoms with Gasteiger partial charge in [0.05, 0.1) is 17.3 Å². The Morgan fingerprint density at radius 2 is 2.06 bits per heavy atom. The van der Waals surface area contributed by atoms with Crippen molar-refractivity contribution in [3.8, 4) is 0 Å². The molecule has 16 heavy (non-hydrogen) atoms. The number of hydrogen-bond donors (Lipinski definition) is 1. The molecule has 0 atom stereocenters. The van der Waals surface area contributed by atoms with Gasteiger partial charge in [-0.15, -0.1) is 12.4 Å². The van der Waals surface area contributed by atoms with E-state index in [1.54, 1.807) is 19.0 Å². The molecule has 0 aromatic heterocycles. The Morgan fingerprint density at radius 3 is 2.50 bits per heavy atom. The summed E-state index contributed by atoms with van der Waals surface area (Å²) in [7, 11) is 3.51. The fraction of sp³-hybridized carbons (Fsp3) is 0.300. The van der Waals surface area contributed by atoms with Crippen LogP contribution in [0.2, 0.25) is 5.02 Å². The summed E-state index contributed by atoms with van der Waals surface area (Å²) in [5, 5.41) is 0.0668. The molecule has 3 nitrogen and oxygen atoms in total. The largest absolute Gasteiger partial charge is 0.395 e. The van der Waals surface area contributed by atoms with Crippen LogP contribution in [0.4, 0.5) is 10.1 Å². The van der Waals surface area contributed by atoms with Crippen LogP contribution in [0, 0.1) is 5.82 Å². The van der Waals surface area contributed by atoms with E-state index in [4.69, 9.17) is 17.3 Å². The van der Waals surface area contributed by atoms with Crippen molar-refractivity contribution in [1.82, 2.24) is 4.90 Å². The van der Waals surface area contributed by atoms with Gasteiger partial charge < -0.3 is 10.6 Å². The highest BCUT2D eigenvalue weighted by Crippen LogP contribution is 2.23. The molecular weight excluding hydrogens is 254 g/mol. The van der Waals surface area contributed by atoms with Gasteiger partial charge in [-0.25, -0.2) is 4.39 Å². The van der Waals surface area contributed by atoms with E-state index < -0.39 is 5.82 Å². The number of likely N-dealkylation sites (N-methyl/N-ethyl adjacent to an activating group) is 1. The Bertz CT molecular complexity index is 373. The third kappa shape index (κ3) is 3.63. The van der Waals surface area contributed by atoms with Crippen LogP contribution in [0.5, 0.6) is 0 Å². The lowest BCUT2D eigenvalue weighted by atomic mass is 10.1. The minimum absolute atomic E-state index is 0. The first-order chi connectivity index (χ1) is 6.91. The molecule has 0 heterocycles. The molecule has 0 radical (unpaired) electrons. The number of Topliss-reactive ketones (excluding diaryl/α,β-unsaturated/α-hetero) is 1. The minimum Gasteiger partial charge on any atom is -0.395 e. The number of rotatable bonds is 3. The molecule has 0 amide bonds. The normalized spacial score (nSPS) is 10.1. The zero-order valence-electron chi connectivity index (χ0n) is 8.96. The van der Waals surface area contributed by atoms with E-state index in [1.807, 2.05) is 0 Å². The second kappa shape index (κ2) is 6.03. The molecular formula is C10H13Cl2FN2O. The highest BCUT2D eigenvalue weighted by Gasteiger charge is 2.12. The summed E-state index contributed by atoms with van der Waals surface area (Å²) in [4.78, 5) is 13.3. The third-order valence-corrected chi connectivity index (χ3v) is 2.17. The van der Waals surface area contributed by atoms with Gasteiger partial charge >= 0.3 is 0 Å². The van der Waals surface area contributed by atoms with Crippen molar-refractivity contribution in [3.63, 3.8) is 0 Å². The maximum Gasteiger partial charge on any atom is 0.176 e. The SMILES string of the molecule is CN(C)CC(=O)c1cc(F)c(N)c(Cl)c1.Cl. The van der Waals surface area contributed by atoms with E-state index in [0.717, 1.165) is 6.07 Å². The third-order valence-electron chi connectivity index (χ3n) is 1.86. The minimum atomic E-state index is -0.662. The molecule has 0 aliphatic rings. The number of ketones is 1. The molecule has 0 bridgehead atoms. The number of carbonyl (C=O) groups is 1. The zero-order chi connectivity index (χ0) is 11.6. The van der Waals surface area contributed by atoms with Crippen molar-refractivity contribution in [3.05, 3.63) is 28.5 Å². The van der Waals surface area contributed by atoms with Crippen molar-refractivity contribution in [2.75, 3.05) is 26.4 Å². The lowest BCUT2D eigenvalue weighted by Crippen LogP contribution is -2.21. The lowest BCUT2D eigenvalue weighted by Gasteiger charge is -2.09. The molecule has 2 N–H and O–H groups in total. The Balaban J connectivity index is 0.00000225. The summed E-state index contributed by atoms with van der Waals surface area (Å²) in [6.45, 7) is 0.208. The van der Waals surface area contributed by atoms with Crippen LogP contribution in [0.15, 0.2) is 12.1 Å². The van der Waals surface area contributed by atoms with Crippen molar-refractivity contribution >= 4 is 35.5 Å². The molecule has 0 aliphatic carbocycles. The fourth-order valence-electron chi connectivity index (χ4n) is 1.12. The fourth-order valence-corrected chi connectivity index (χ4v) is 1.33. The van der Waals surface area contributed by atoms with Crippen LogP contribution in [-0.2, 0) is 0 Å². The summed E-state index contributed by atoms with van der Waals surface area (Å²) in [6.07, 6.45) is 0. The first-order valence-corrected chi connectivity index (χ1v) is 4.72. The molecule has 1 aromatic rings. The number of nitrogens with two attached hydrogens (primary N) is 1. The molecule has 0 saturated carbocycles. The number of benzene rings is 1.